The number of carbonyl (C=O) groups is 1. The second-order valence-corrected chi connectivity index (χ2v) is 12.3. The summed E-state index contributed by atoms with van der Waals surface area (Å²) < 4.78 is 6.33. The van der Waals surface area contributed by atoms with Gasteiger partial charge in [0.2, 0.25) is 0 Å². The van der Waals surface area contributed by atoms with E-state index in [4.69, 9.17) is 16.3 Å². The van der Waals surface area contributed by atoms with Gasteiger partial charge in [0.25, 0.3) is 0 Å². The van der Waals surface area contributed by atoms with Crippen LogP contribution in [0.2, 0.25) is 5.02 Å². The Morgan fingerprint density at radius 3 is 2.74 bits per heavy atom. The third-order valence-corrected chi connectivity index (χ3v) is 9.94. The van der Waals surface area contributed by atoms with Gasteiger partial charge in [-0.1, -0.05) is 48.9 Å². The summed E-state index contributed by atoms with van der Waals surface area (Å²) in [5.74, 6) is 1.21. The van der Waals surface area contributed by atoms with Crippen LogP contribution in [0.25, 0.3) is 0 Å². The first-order valence-corrected chi connectivity index (χ1v) is 14.7. The van der Waals surface area contributed by atoms with Crippen LogP contribution in [0.3, 0.4) is 0 Å². The van der Waals surface area contributed by atoms with Crippen molar-refractivity contribution in [2.45, 2.75) is 81.6 Å². The van der Waals surface area contributed by atoms with Crippen LogP contribution in [-0.2, 0) is 23.1 Å². The molecule has 1 heterocycles. The Balaban J connectivity index is 1.17. The van der Waals surface area contributed by atoms with Crippen molar-refractivity contribution in [3.8, 4) is 5.75 Å². The quantitative estimate of drug-likeness (QED) is 0.286. The van der Waals surface area contributed by atoms with E-state index in [1.165, 1.54) is 22.4 Å². The Morgan fingerprint density at radius 2 is 1.95 bits per heavy atom. The first kappa shape index (κ1) is 26.2. The molecule has 0 radical (unpaired) electrons. The highest BCUT2D eigenvalue weighted by Gasteiger charge is 2.53. The van der Waals surface area contributed by atoms with Gasteiger partial charge in [0.15, 0.2) is 0 Å². The Labute approximate surface area is 236 Å². The molecule has 2 unspecified atom stereocenters. The molecule has 0 aliphatic heterocycles. The number of ether oxygens (including phenoxy) is 1. The molecule has 6 rings (SSSR count). The predicted molar refractivity (Wildman–Crippen MR) is 155 cm³/mol. The monoisotopic (exact) mass is 544 g/mol. The average molecular weight is 545 g/mol. The van der Waals surface area contributed by atoms with Gasteiger partial charge in [-0.25, -0.2) is 4.79 Å². The number of hydrogen-bond acceptors (Lipinski definition) is 4. The van der Waals surface area contributed by atoms with Crippen LogP contribution in [0.1, 0.15) is 80.2 Å². The van der Waals surface area contributed by atoms with Gasteiger partial charge >= 0.3 is 5.97 Å². The van der Waals surface area contributed by atoms with Crippen LogP contribution < -0.4 is 10.1 Å². The number of aromatic nitrogens is 1. The zero-order chi connectivity index (χ0) is 27.0. The normalized spacial score (nSPS) is 27.2. The minimum absolute atomic E-state index is 0.0119. The Morgan fingerprint density at radius 1 is 1.13 bits per heavy atom. The largest absolute Gasteiger partial charge is 0.493 e. The summed E-state index contributed by atoms with van der Waals surface area (Å²) in [6.45, 7) is 2.96. The molecular formula is C33H37ClN2O3. The third kappa shape index (κ3) is 4.80. The molecule has 0 bridgehead atoms. The number of aliphatic carboxylic acids is 1. The third-order valence-electron chi connectivity index (χ3n) is 9.71. The maximum atomic E-state index is 12.6. The van der Waals surface area contributed by atoms with Gasteiger partial charge < -0.3 is 15.2 Å². The van der Waals surface area contributed by atoms with Gasteiger partial charge in [-0.2, -0.15) is 0 Å². The molecule has 39 heavy (non-hydrogen) atoms. The SMILES string of the molecule is CC1CCc2nccc(OCCCC3Cc4ccccc4C34CCC(Nc3cccc(Cl)c3)(C(=O)O)CC4)c21. The van der Waals surface area contributed by atoms with Gasteiger partial charge in [0, 0.05) is 28.2 Å². The number of hydrogen-bond donors (Lipinski definition) is 2. The van der Waals surface area contributed by atoms with Crippen molar-refractivity contribution in [3.63, 3.8) is 0 Å². The van der Waals surface area contributed by atoms with E-state index in [0.717, 1.165) is 56.4 Å². The predicted octanol–water partition coefficient (Wildman–Crippen LogP) is 7.56. The molecule has 1 fully saturated rings. The van der Waals surface area contributed by atoms with E-state index in [-0.39, 0.29) is 5.41 Å². The number of rotatable bonds is 8. The number of carboxylic acids is 1. The van der Waals surface area contributed by atoms with Gasteiger partial charge in [-0.15, -0.1) is 0 Å². The lowest BCUT2D eigenvalue weighted by Crippen LogP contribution is -2.53. The summed E-state index contributed by atoms with van der Waals surface area (Å²) in [6.07, 6.45) is 10.0. The van der Waals surface area contributed by atoms with Crippen molar-refractivity contribution in [1.82, 2.24) is 4.98 Å². The molecule has 2 aromatic carbocycles. The van der Waals surface area contributed by atoms with E-state index >= 15 is 0 Å². The molecule has 0 saturated heterocycles. The minimum atomic E-state index is -0.987. The van der Waals surface area contributed by atoms with E-state index in [9.17, 15) is 9.90 Å². The Kier molecular flexibility index (Phi) is 7.05. The molecule has 3 aliphatic carbocycles. The number of fused-ring (bicyclic) bond motifs is 3. The number of pyridine rings is 1. The number of benzene rings is 2. The highest BCUT2D eigenvalue weighted by molar-refractivity contribution is 6.30. The lowest BCUT2D eigenvalue weighted by molar-refractivity contribution is -0.144. The van der Waals surface area contributed by atoms with Crippen molar-refractivity contribution in [3.05, 3.63) is 88.2 Å². The number of halogens is 1. The van der Waals surface area contributed by atoms with E-state index in [2.05, 4.69) is 41.5 Å². The van der Waals surface area contributed by atoms with Crippen molar-refractivity contribution in [2.75, 3.05) is 11.9 Å². The van der Waals surface area contributed by atoms with Gasteiger partial charge in [-0.3, -0.25) is 4.98 Å². The molecule has 5 nitrogen and oxygen atoms in total. The Bertz CT molecular complexity index is 1360. The van der Waals surface area contributed by atoms with Crippen molar-refractivity contribution in [1.29, 1.82) is 0 Å². The fraction of sp³-hybridized carbons (Fsp3) is 0.455. The van der Waals surface area contributed by atoms with Crippen LogP contribution in [0.15, 0.2) is 60.8 Å². The van der Waals surface area contributed by atoms with E-state index in [1.807, 2.05) is 36.5 Å². The van der Waals surface area contributed by atoms with Crippen molar-refractivity contribution in [2.24, 2.45) is 5.92 Å². The topological polar surface area (TPSA) is 71.5 Å². The molecule has 0 amide bonds. The summed E-state index contributed by atoms with van der Waals surface area (Å²) in [5.41, 5.74) is 5.14. The Hall–Kier alpha value is -3.05. The summed E-state index contributed by atoms with van der Waals surface area (Å²) in [7, 11) is 0. The number of carboxylic acid groups (broad SMARTS) is 1. The summed E-state index contributed by atoms with van der Waals surface area (Å²) in [5, 5.41) is 14.3. The van der Waals surface area contributed by atoms with Crippen LogP contribution >= 0.6 is 11.6 Å². The van der Waals surface area contributed by atoms with Gasteiger partial charge in [-0.05, 0) is 110 Å². The highest BCUT2D eigenvalue weighted by atomic mass is 35.5. The second-order valence-electron chi connectivity index (χ2n) is 11.8. The standard InChI is InChI=1S/C33H37ClN2O3/c1-22-11-12-28-30(22)29(13-18-35-28)39-19-5-7-24-20-23-6-2-3-10-27(23)32(24)14-16-33(17-15-32,31(37)38)36-26-9-4-8-25(34)21-26/h2-4,6,8-10,13,18,21-22,24,36H,5,7,11-12,14-17,19-20H2,1H3,(H,37,38). The number of nitrogens with one attached hydrogen (secondary N) is 1. The maximum absolute atomic E-state index is 12.6. The number of anilines is 1. The molecule has 1 saturated carbocycles. The van der Waals surface area contributed by atoms with E-state index in [1.54, 1.807) is 0 Å². The molecule has 204 valence electrons. The molecule has 1 spiro atoms. The lowest BCUT2D eigenvalue weighted by Gasteiger charge is -2.47. The summed E-state index contributed by atoms with van der Waals surface area (Å²) in [6, 6.07) is 18.2. The van der Waals surface area contributed by atoms with Crippen LogP contribution in [0.4, 0.5) is 5.69 Å². The highest BCUT2D eigenvalue weighted by Crippen LogP contribution is 2.55. The van der Waals surface area contributed by atoms with E-state index in [0.29, 0.717) is 36.3 Å². The molecule has 2 N–H and O–H groups in total. The summed E-state index contributed by atoms with van der Waals surface area (Å²) >= 11 is 6.19. The molecule has 3 aromatic rings. The minimum Gasteiger partial charge on any atom is -0.493 e. The average Bonchev–Trinajstić information content (AvgIpc) is 3.46. The number of aryl methyl sites for hydroxylation is 1. The van der Waals surface area contributed by atoms with E-state index < -0.39 is 11.5 Å². The lowest BCUT2D eigenvalue weighted by atomic mass is 9.60. The van der Waals surface area contributed by atoms with Crippen LogP contribution in [-0.4, -0.2) is 28.2 Å². The molecule has 2 atom stereocenters. The molecule has 6 heteroatoms. The van der Waals surface area contributed by atoms with Crippen molar-refractivity contribution >= 4 is 23.3 Å². The van der Waals surface area contributed by atoms with Gasteiger partial charge in [0.05, 0.1) is 6.61 Å². The first-order valence-electron chi connectivity index (χ1n) is 14.4. The van der Waals surface area contributed by atoms with Gasteiger partial charge in [0.1, 0.15) is 11.3 Å². The van der Waals surface area contributed by atoms with Crippen LogP contribution in [0, 0.1) is 5.92 Å². The van der Waals surface area contributed by atoms with Crippen LogP contribution in [0.5, 0.6) is 5.75 Å². The molecule has 3 aliphatic rings. The molecule has 1 aromatic heterocycles. The zero-order valence-corrected chi connectivity index (χ0v) is 23.3. The molecular weight excluding hydrogens is 508 g/mol. The number of nitrogens with zero attached hydrogens (tertiary/aromatic N) is 1. The fourth-order valence-electron chi connectivity index (χ4n) is 7.64. The second kappa shape index (κ2) is 10.5. The smallest absolute Gasteiger partial charge is 0.329 e. The summed E-state index contributed by atoms with van der Waals surface area (Å²) in [4.78, 5) is 17.2. The zero-order valence-electron chi connectivity index (χ0n) is 22.6. The fourth-order valence-corrected chi connectivity index (χ4v) is 7.83. The van der Waals surface area contributed by atoms with Crippen molar-refractivity contribution < 1.29 is 14.6 Å². The maximum Gasteiger partial charge on any atom is 0.329 e. The first-order chi connectivity index (χ1) is 18.9.